The molecular weight excluding hydrogens is 382 g/mol. The number of benzene rings is 2. The van der Waals surface area contributed by atoms with E-state index in [9.17, 15) is 9.59 Å². The zero-order valence-corrected chi connectivity index (χ0v) is 18.1. The lowest BCUT2D eigenvalue weighted by Gasteiger charge is -2.25. The highest BCUT2D eigenvalue weighted by molar-refractivity contribution is 7.98. The van der Waals surface area contributed by atoms with Crippen LogP contribution in [0.25, 0.3) is 0 Å². The van der Waals surface area contributed by atoms with Gasteiger partial charge in [-0.2, -0.15) is 11.8 Å². The average molecular weight is 412 g/mol. The van der Waals surface area contributed by atoms with E-state index >= 15 is 0 Å². The lowest BCUT2D eigenvalue weighted by atomic mass is 9.96. The van der Waals surface area contributed by atoms with Crippen LogP contribution in [0.4, 0.5) is 4.79 Å². The Hall–Kier alpha value is -2.27. The smallest absolute Gasteiger partial charge is 0.417 e. The van der Waals surface area contributed by atoms with Gasteiger partial charge in [-0.25, -0.2) is 9.69 Å². The fraction of sp³-hybridized carbons (Fsp3) is 0.417. The van der Waals surface area contributed by atoms with Crippen LogP contribution < -0.4 is 0 Å². The second-order valence-electron chi connectivity index (χ2n) is 7.99. The van der Waals surface area contributed by atoms with Gasteiger partial charge < -0.3 is 4.74 Å². The van der Waals surface area contributed by atoms with E-state index in [-0.39, 0.29) is 17.9 Å². The highest BCUT2D eigenvalue weighted by Gasteiger charge is 2.45. The second-order valence-corrected chi connectivity index (χ2v) is 9.02. The number of rotatable bonds is 8. The van der Waals surface area contributed by atoms with Gasteiger partial charge in [0.2, 0.25) is 5.91 Å². The van der Waals surface area contributed by atoms with E-state index < -0.39 is 12.2 Å². The van der Waals surface area contributed by atoms with Crippen LogP contribution in [-0.4, -0.2) is 28.7 Å². The summed E-state index contributed by atoms with van der Waals surface area (Å²) in [7, 11) is 0. The molecule has 1 aliphatic rings. The van der Waals surface area contributed by atoms with Crippen LogP contribution in [0.1, 0.15) is 44.4 Å². The Labute approximate surface area is 177 Å². The minimum absolute atomic E-state index is 0.116. The molecule has 0 aliphatic carbocycles. The summed E-state index contributed by atoms with van der Waals surface area (Å²) in [6.45, 7) is 6.12. The lowest BCUT2D eigenvalue weighted by Crippen LogP contribution is -2.42. The molecule has 4 nitrogen and oxygen atoms in total. The van der Waals surface area contributed by atoms with Crippen LogP contribution >= 0.6 is 11.8 Å². The van der Waals surface area contributed by atoms with Crippen LogP contribution in [-0.2, 0) is 15.3 Å². The lowest BCUT2D eigenvalue weighted by molar-refractivity contribution is -0.133. The molecule has 2 unspecified atom stereocenters. The van der Waals surface area contributed by atoms with Gasteiger partial charge in [0.1, 0.15) is 6.10 Å². The first-order valence-corrected chi connectivity index (χ1v) is 11.3. The molecule has 1 heterocycles. The maximum absolute atomic E-state index is 13.3. The van der Waals surface area contributed by atoms with E-state index in [1.54, 1.807) is 11.8 Å². The van der Waals surface area contributed by atoms with Gasteiger partial charge in [-0.15, -0.1) is 0 Å². The Kier molecular flexibility index (Phi) is 7.37. The second kappa shape index (κ2) is 9.97. The minimum atomic E-state index is -0.529. The Bertz CT molecular complexity index is 809. The summed E-state index contributed by atoms with van der Waals surface area (Å²) in [5.74, 6) is 1.61. The molecule has 3 rings (SSSR count). The number of carbonyl (C=O) groups excluding carboxylic acids is 2. The molecule has 0 saturated carbocycles. The number of hydrogen-bond donors (Lipinski definition) is 0. The highest BCUT2D eigenvalue weighted by atomic mass is 32.2. The molecule has 2 amide bonds. The zero-order valence-electron chi connectivity index (χ0n) is 17.3. The Morgan fingerprint density at radius 2 is 1.69 bits per heavy atom. The molecule has 1 fully saturated rings. The number of ether oxygens (including phenoxy) is 1. The van der Waals surface area contributed by atoms with E-state index in [1.807, 2.05) is 55.5 Å². The monoisotopic (exact) mass is 411 g/mol. The van der Waals surface area contributed by atoms with Crippen LogP contribution in [0.15, 0.2) is 60.7 Å². The van der Waals surface area contributed by atoms with Crippen molar-refractivity contribution in [3.8, 4) is 0 Å². The largest absolute Gasteiger partial charge is 0.439 e. The van der Waals surface area contributed by atoms with Crippen molar-refractivity contribution >= 4 is 23.8 Å². The van der Waals surface area contributed by atoms with E-state index in [1.165, 1.54) is 10.5 Å². The summed E-state index contributed by atoms with van der Waals surface area (Å²) in [5.41, 5.74) is 2.16. The van der Waals surface area contributed by atoms with E-state index in [4.69, 9.17) is 4.74 Å². The molecule has 29 heavy (non-hydrogen) atoms. The molecule has 1 saturated heterocycles. The third-order valence-corrected chi connectivity index (χ3v) is 6.35. The SMILES string of the molecule is CC(C)C[C@H](CSCc1ccccc1)C(=O)N1C(=O)OC(c2ccccc2)C1C. The first-order chi connectivity index (χ1) is 14.0. The van der Waals surface area contributed by atoms with Crippen molar-refractivity contribution < 1.29 is 14.3 Å². The molecule has 2 aromatic carbocycles. The van der Waals surface area contributed by atoms with E-state index in [2.05, 4.69) is 26.0 Å². The van der Waals surface area contributed by atoms with Crippen molar-refractivity contribution in [2.45, 2.75) is 45.1 Å². The van der Waals surface area contributed by atoms with Gasteiger partial charge in [0.15, 0.2) is 0 Å². The molecule has 3 atom stereocenters. The summed E-state index contributed by atoms with van der Waals surface area (Å²) in [6, 6.07) is 19.6. The topological polar surface area (TPSA) is 46.6 Å². The molecule has 1 aliphatic heterocycles. The molecule has 0 spiro atoms. The van der Waals surface area contributed by atoms with Crippen LogP contribution in [0, 0.1) is 11.8 Å². The fourth-order valence-electron chi connectivity index (χ4n) is 3.74. The molecule has 0 bridgehead atoms. The van der Waals surface area contributed by atoms with Gasteiger partial charge in [-0.1, -0.05) is 74.5 Å². The third kappa shape index (κ3) is 5.41. The van der Waals surface area contributed by atoms with Crippen molar-refractivity contribution in [2.75, 3.05) is 5.75 Å². The Morgan fingerprint density at radius 3 is 2.31 bits per heavy atom. The predicted octanol–water partition coefficient (Wildman–Crippen LogP) is 5.69. The molecule has 0 aromatic heterocycles. The van der Waals surface area contributed by atoms with Crippen molar-refractivity contribution in [1.29, 1.82) is 0 Å². The number of imide groups is 1. The van der Waals surface area contributed by atoms with Crippen molar-refractivity contribution in [1.82, 2.24) is 4.90 Å². The number of nitrogens with zero attached hydrogens (tertiary/aromatic N) is 1. The molecule has 2 aromatic rings. The first kappa shape index (κ1) is 21.4. The average Bonchev–Trinajstić information content (AvgIpc) is 3.02. The maximum Gasteiger partial charge on any atom is 0.417 e. The summed E-state index contributed by atoms with van der Waals surface area (Å²) in [4.78, 5) is 27.2. The van der Waals surface area contributed by atoms with Gasteiger partial charge in [0.25, 0.3) is 0 Å². The fourth-order valence-corrected chi connectivity index (χ4v) is 4.85. The van der Waals surface area contributed by atoms with Crippen molar-refractivity contribution in [3.05, 3.63) is 71.8 Å². The quantitative estimate of drug-likeness (QED) is 0.560. The van der Waals surface area contributed by atoms with Crippen LogP contribution in [0.2, 0.25) is 0 Å². The van der Waals surface area contributed by atoms with Gasteiger partial charge in [-0.3, -0.25) is 4.79 Å². The Morgan fingerprint density at radius 1 is 1.07 bits per heavy atom. The summed E-state index contributed by atoms with van der Waals surface area (Å²) < 4.78 is 5.58. The molecule has 154 valence electrons. The van der Waals surface area contributed by atoms with E-state index in [0.29, 0.717) is 11.7 Å². The normalized spacial score (nSPS) is 20.0. The standard InChI is InChI=1S/C24H29NO3S/c1-17(2)14-21(16-29-15-19-10-6-4-7-11-19)23(26)25-18(3)22(28-24(25)27)20-12-8-5-9-13-20/h4-13,17-18,21-22H,14-16H2,1-3H3/t18?,21-,22?/m1/s1. The van der Waals surface area contributed by atoms with Crippen LogP contribution in [0.3, 0.4) is 0 Å². The summed E-state index contributed by atoms with van der Waals surface area (Å²) in [6.07, 6.45) is -0.185. The maximum atomic E-state index is 13.3. The Balaban J connectivity index is 1.68. The van der Waals surface area contributed by atoms with Crippen molar-refractivity contribution in [2.24, 2.45) is 11.8 Å². The number of carbonyl (C=O) groups is 2. The molecule has 0 N–H and O–H groups in total. The number of hydrogen-bond acceptors (Lipinski definition) is 4. The summed E-state index contributed by atoms with van der Waals surface area (Å²) in [5, 5.41) is 0. The first-order valence-electron chi connectivity index (χ1n) is 10.2. The summed E-state index contributed by atoms with van der Waals surface area (Å²) >= 11 is 1.74. The van der Waals surface area contributed by atoms with Gasteiger partial charge in [0, 0.05) is 17.4 Å². The minimum Gasteiger partial charge on any atom is -0.439 e. The molecule has 0 radical (unpaired) electrons. The van der Waals surface area contributed by atoms with Crippen LogP contribution in [0.5, 0.6) is 0 Å². The number of cyclic esters (lactones) is 1. The van der Waals surface area contributed by atoms with Crippen molar-refractivity contribution in [3.63, 3.8) is 0 Å². The number of thioether (sulfide) groups is 1. The zero-order chi connectivity index (χ0) is 20.8. The van der Waals surface area contributed by atoms with Gasteiger partial charge in [-0.05, 0) is 30.4 Å². The highest BCUT2D eigenvalue weighted by Crippen LogP contribution is 2.34. The molecule has 5 heteroatoms. The van der Waals surface area contributed by atoms with E-state index in [0.717, 1.165) is 17.7 Å². The third-order valence-electron chi connectivity index (χ3n) is 5.17. The molecular formula is C24H29NO3S. The predicted molar refractivity (Wildman–Crippen MR) is 118 cm³/mol. The van der Waals surface area contributed by atoms with Gasteiger partial charge in [0.05, 0.1) is 6.04 Å². The number of amides is 2. The van der Waals surface area contributed by atoms with Gasteiger partial charge >= 0.3 is 6.09 Å².